The van der Waals surface area contributed by atoms with Crippen LogP contribution in [0.25, 0.3) is 0 Å². The molecule has 1 amide bonds. The van der Waals surface area contributed by atoms with E-state index in [1.165, 1.54) is 5.56 Å². The summed E-state index contributed by atoms with van der Waals surface area (Å²) in [6.45, 7) is 3.92. The molecule has 0 aliphatic carbocycles. The Bertz CT molecular complexity index is 448. The van der Waals surface area contributed by atoms with E-state index in [1.54, 1.807) is 7.05 Å². The van der Waals surface area contributed by atoms with Crippen molar-refractivity contribution < 1.29 is 9.53 Å². The molecule has 110 valence electrons. The van der Waals surface area contributed by atoms with Gasteiger partial charge in [-0.3, -0.25) is 4.79 Å². The minimum Gasteiger partial charge on any atom is -0.378 e. The van der Waals surface area contributed by atoms with Crippen molar-refractivity contribution in [3.8, 4) is 0 Å². The zero-order valence-electron chi connectivity index (χ0n) is 12.3. The number of rotatable bonds is 5. The molecule has 2 atom stereocenters. The molecule has 20 heavy (non-hydrogen) atoms. The van der Waals surface area contributed by atoms with Crippen LogP contribution in [0.4, 0.5) is 0 Å². The first-order valence-corrected chi connectivity index (χ1v) is 7.35. The summed E-state index contributed by atoms with van der Waals surface area (Å²) in [6.07, 6.45) is 3.47. The molecule has 1 aromatic carbocycles. The molecule has 2 rings (SSSR count). The Labute approximate surface area is 120 Å². The van der Waals surface area contributed by atoms with Crippen LogP contribution in [0, 0.1) is 0 Å². The summed E-state index contributed by atoms with van der Waals surface area (Å²) in [5, 5.41) is 6.24. The summed E-state index contributed by atoms with van der Waals surface area (Å²) in [7, 11) is 1.66. The van der Waals surface area contributed by atoms with Crippen LogP contribution in [0.1, 0.15) is 35.7 Å². The van der Waals surface area contributed by atoms with E-state index in [-0.39, 0.29) is 5.91 Å². The number of carbonyl (C=O) groups is 1. The second-order valence-corrected chi connectivity index (χ2v) is 5.39. The van der Waals surface area contributed by atoms with Gasteiger partial charge in [0.1, 0.15) is 0 Å². The number of hydrogen-bond acceptors (Lipinski definition) is 3. The average molecular weight is 276 g/mol. The summed E-state index contributed by atoms with van der Waals surface area (Å²) in [6, 6.07) is 8.38. The maximum Gasteiger partial charge on any atom is 0.251 e. The molecular formula is C16H24N2O2. The van der Waals surface area contributed by atoms with E-state index in [4.69, 9.17) is 4.74 Å². The number of nitrogens with one attached hydrogen (secondary N) is 2. The second-order valence-electron chi connectivity index (χ2n) is 5.39. The first-order valence-electron chi connectivity index (χ1n) is 7.35. The molecule has 1 aromatic rings. The molecule has 0 saturated carbocycles. The largest absolute Gasteiger partial charge is 0.378 e. The molecule has 1 saturated heterocycles. The summed E-state index contributed by atoms with van der Waals surface area (Å²) < 4.78 is 5.54. The topological polar surface area (TPSA) is 50.4 Å². The molecule has 0 spiro atoms. The summed E-state index contributed by atoms with van der Waals surface area (Å²) >= 11 is 0. The van der Waals surface area contributed by atoms with E-state index < -0.39 is 0 Å². The van der Waals surface area contributed by atoms with Gasteiger partial charge in [-0.1, -0.05) is 12.1 Å². The SMILES string of the molecule is CNC(=O)c1cccc(CCN[C@H]2CCO[C@@H](C)C2)c1. The molecule has 0 unspecified atom stereocenters. The van der Waals surface area contributed by atoms with Crippen molar-refractivity contribution in [2.75, 3.05) is 20.2 Å². The van der Waals surface area contributed by atoms with Crippen molar-refractivity contribution in [2.45, 2.75) is 38.3 Å². The third kappa shape index (κ3) is 4.32. The maximum absolute atomic E-state index is 11.6. The van der Waals surface area contributed by atoms with Crippen molar-refractivity contribution >= 4 is 5.91 Å². The fraction of sp³-hybridized carbons (Fsp3) is 0.562. The molecule has 2 N–H and O–H groups in total. The normalized spacial score (nSPS) is 22.5. The summed E-state index contributed by atoms with van der Waals surface area (Å²) in [4.78, 5) is 11.6. The lowest BCUT2D eigenvalue weighted by molar-refractivity contribution is 0.0135. The molecule has 1 fully saturated rings. The second kappa shape index (κ2) is 7.41. The lowest BCUT2D eigenvalue weighted by Gasteiger charge is -2.28. The van der Waals surface area contributed by atoms with Gasteiger partial charge in [-0.15, -0.1) is 0 Å². The van der Waals surface area contributed by atoms with Gasteiger partial charge >= 0.3 is 0 Å². The molecular weight excluding hydrogens is 252 g/mol. The van der Waals surface area contributed by atoms with Gasteiger partial charge in [-0.25, -0.2) is 0 Å². The Morgan fingerprint density at radius 3 is 3.05 bits per heavy atom. The third-order valence-corrected chi connectivity index (χ3v) is 3.75. The van der Waals surface area contributed by atoms with Crippen molar-refractivity contribution in [3.63, 3.8) is 0 Å². The minimum atomic E-state index is -0.0296. The van der Waals surface area contributed by atoms with Gasteiger partial charge < -0.3 is 15.4 Å². The van der Waals surface area contributed by atoms with E-state index in [0.717, 1.165) is 38.0 Å². The van der Waals surface area contributed by atoms with Crippen LogP contribution >= 0.6 is 0 Å². The highest BCUT2D eigenvalue weighted by Gasteiger charge is 2.18. The quantitative estimate of drug-likeness (QED) is 0.861. The zero-order chi connectivity index (χ0) is 14.4. The van der Waals surface area contributed by atoms with Gasteiger partial charge in [0, 0.05) is 25.3 Å². The van der Waals surface area contributed by atoms with Gasteiger partial charge in [0.2, 0.25) is 0 Å². The van der Waals surface area contributed by atoms with Crippen LogP contribution in [-0.2, 0) is 11.2 Å². The van der Waals surface area contributed by atoms with Gasteiger partial charge in [0.05, 0.1) is 6.10 Å². The molecule has 0 radical (unpaired) electrons. The molecule has 4 heteroatoms. The highest BCUT2D eigenvalue weighted by atomic mass is 16.5. The summed E-state index contributed by atoms with van der Waals surface area (Å²) in [5.41, 5.74) is 1.92. The number of benzene rings is 1. The molecule has 1 aliphatic rings. The lowest BCUT2D eigenvalue weighted by atomic mass is 10.0. The molecule has 4 nitrogen and oxygen atoms in total. The Balaban J connectivity index is 1.80. The predicted molar refractivity (Wildman–Crippen MR) is 80.0 cm³/mol. The minimum absolute atomic E-state index is 0.0296. The lowest BCUT2D eigenvalue weighted by Crippen LogP contribution is -2.38. The van der Waals surface area contributed by atoms with E-state index in [9.17, 15) is 4.79 Å². The Morgan fingerprint density at radius 1 is 1.45 bits per heavy atom. The van der Waals surface area contributed by atoms with Crippen molar-refractivity contribution in [1.29, 1.82) is 0 Å². The van der Waals surface area contributed by atoms with Crippen molar-refractivity contribution in [1.82, 2.24) is 10.6 Å². The van der Waals surface area contributed by atoms with Gasteiger partial charge in [0.15, 0.2) is 0 Å². The smallest absolute Gasteiger partial charge is 0.251 e. The van der Waals surface area contributed by atoms with E-state index in [1.807, 2.05) is 18.2 Å². The molecule has 1 heterocycles. The zero-order valence-corrected chi connectivity index (χ0v) is 12.3. The first kappa shape index (κ1) is 15.0. The number of ether oxygens (including phenoxy) is 1. The Kier molecular flexibility index (Phi) is 5.56. The fourth-order valence-electron chi connectivity index (χ4n) is 2.62. The van der Waals surface area contributed by atoms with E-state index in [2.05, 4.69) is 23.6 Å². The van der Waals surface area contributed by atoms with Gasteiger partial charge in [0.25, 0.3) is 5.91 Å². The Hall–Kier alpha value is -1.39. The standard InChI is InChI=1S/C16H24N2O2/c1-12-10-15(7-9-20-12)18-8-6-13-4-3-5-14(11-13)16(19)17-2/h3-5,11-12,15,18H,6-10H2,1-2H3,(H,17,19)/t12-,15-/m0/s1. The van der Waals surface area contributed by atoms with Gasteiger partial charge in [-0.05, 0) is 50.4 Å². The van der Waals surface area contributed by atoms with E-state index >= 15 is 0 Å². The van der Waals surface area contributed by atoms with Crippen LogP contribution in [0.15, 0.2) is 24.3 Å². The summed E-state index contributed by atoms with van der Waals surface area (Å²) in [5.74, 6) is -0.0296. The van der Waals surface area contributed by atoms with E-state index in [0.29, 0.717) is 12.1 Å². The first-order chi connectivity index (χ1) is 9.69. The van der Waals surface area contributed by atoms with Crippen LogP contribution in [-0.4, -0.2) is 38.3 Å². The number of hydrogen-bond donors (Lipinski definition) is 2. The van der Waals surface area contributed by atoms with Crippen LogP contribution < -0.4 is 10.6 Å². The van der Waals surface area contributed by atoms with Crippen LogP contribution in [0.2, 0.25) is 0 Å². The third-order valence-electron chi connectivity index (χ3n) is 3.75. The molecule has 1 aliphatic heterocycles. The van der Waals surface area contributed by atoms with Crippen LogP contribution in [0.5, 0.6) is 0 Å². The van der Waals surface area contributed by atoms with Crippen LogP contribution in [0.3, 0.4) is 0 Å². The average Bonchev–Trinajstić information content (AvgIpc) is 2.47. The Morgan fingerprint density at radius 2 is 2.30 bits per heavy atom. The highest BCUT2D eigenvalue weighted by molar-refractivity contribution is 5.94. The highest BCUT2D eigenvalue weighted by Crippen LogP contribution is 2.13. The van der Waals surface area contributed by atoms with Crippen molar-refractivity contribution in [2.24, 2.45) is 0 Å². The molecule has 0 bridgehead atoms. The molecule has 0 aromatic heterocycles. The number of amides is 1. The van der Waals surface area contributed by atoms with Crippen molar-refractivity contribution in [3.05, 3.63) is 35.4 Å². The monoisotopic (exact) mass is 276 g/mol. The maximum atomic E-state index is 11.6. The number of carbonyl (C=O) groups excluding carboxylic acids is 1. The predicted octanol–water partition coefficient (Wildman–Crippen LogP) is 1.75. The van der Waals surface area contributed by atoms with Gasteiger partial charge in [-0.2, -0.15) is 0 Å². The fourth-order valence-corrected chi connectivity index (χ4v) is 2.62.